The lowest BCUT2D eigenvalue weighted by molar-refractivity contribution is -0.0179. The van der Waals surface area contributed by atoms with Crippen LogP contribution >= 0.6 is 0 Å². The van der Waals surface area contributed by atoms with Gasteiger partial charge in [0.05, 0.1) is 5.60 Å². The van der Waals surface area contributed by atoms with Crippen molar-refractivity contribution < 1.29 is 10.2 Å². The molecule has 0 aliphatic heterocycles. The van der Waals surface area contributed by atoms with Crippen LogP contribution in [-0.2, 0) is 17.4 Å². The zero-order chi connectivity index (χ0) is 16.2. The summed E-state index contributed by atoms with van der Waals surface area (Å²) >= 11 is 0. The molecular formula is C20H30O2. The molecule has 122 valence electrons. The first kappa shape index (κ1) is 16.0. The highest BCUT2D eigenvalue weighted by molar-refractivity contribution is 5.42. The van der Waals surface area contributed by atoms with Crippen molar-refractivity contribution >= 4 is 0 Å². The molecule has 2 aliphatic rings. The van der Waals surface area contributed by atoms with Gasteiger partial charge < -0.3 is 10.2 Å². The minimum atomic E-state index is -0.779. The van der Waals surface area contributed by atoms with E-state index in [1.54, 1.807) is 0 Å². The third kappa shape index (κ3) is 2.32. The smallest absolute Gasteiger partial charge is 0.0840 e. The van der Waals surface area contributed by atoms with Gasteiger partial charge in [0.1, 0.15) is 0 Å². The highest BCUT2D eigenvalue weighted by atomic mass is 16.3. The predicted molar refractivity (Wildman–Crippen MR) is 89.9 cm³/mol. The van der Waals surface area contributed by atoms with E-state index in [-0.39, 0.29) is 10.8 Å². The maximum absolute atomic E-state index is 10.3. The molecule has 1 aromatic carbocycles. The molecule has 2 N–H and O–H groups in total. The van der Waals surface area contributed by atoms with Gasteiger partial charge in [-0.15, -0.1) is 0 Å². The normalized spacial score (nSPS) is 34.9. The van der Waals surface area contributed by atoms with E-state index in [1.165, 1.54) is 24.0 Å². The topological polar surface area (TPSA) is 40.5 Å². The molecular weight excluding hydrogens is 272 g/mol. The average Bonchev–Trinajstić information content (AvgIpc) is 2.45. The molecule has 1 saturated carbocycles. The first-order valence-electron chi connectivity index (χ1n) is 8.68. The maximum atomic E-state index is 10.3. The van der Waals surface area contributed by atoms with Crippen LogP contribution in [0, 0.1) is 11.3 Å². The number of fused-ring (bicyclic) bond motifs is 3. The minimum Gasteiger partial charge on any atom is -0.396 e. The summed E-state index contributed by atoms with van der Waals surface area (Å²) in [6.45, 7) is 8.67. The summed E-state index contributed by atoms with van der Waals surface area (Å²) in [5.74, 6) is 0.555. The van der Waals surface area contributed by atoms with E-state index in [9.17, 15) is 10.2 Å². The molecule has 3 atom stereocenters. The Balaban J connectivity index is 2.06. The Morgan fingerprint density at radius 1 is 1.23 bits per heavy atom. The van der Waals surface area contributed by atoms with Crippen molar-refractivity contribution in [2.24, 2.45) is 11.3 Å². The summed E-state index contributed by atoms with van der Waals surface area (Å²) in [5, 5.41) is 20.2. The fourth-order valence-electron chi connectivity index (χ4n) is 5.19. The van der Waals surface area contributed by atoms with E-state index < -0.39 is 5.60 Å². The van der Waals surface area contributed by atoms with E-state index in [0.29, 0.717) is 12.5 Å². The molecule has 0 spiro atoms. The lowest BCUT2D eigenvalue weighted by Crippen LogP contribution is -2.50. The van der Waals surface area contributed by atoms with Crippen LogP contribution in [0.5, 0.6) is 0 Å². The van der Waals surface area contributed by atoms with Crippen molar-refractivity contribution in [2.45, 2.75) is 70.8 Å². The van der Waals surface area contributed by atoms with Gasteiger partial charge in [-0.2, -0.15) is 0 Å². The van der Waals surface area contributed by atoms with E-state index in [2.05, 4.69) is 32.0 Å². The predicted octanol–water partition coefficient (Wildman–Crippen LogP) is 3.92. The van der Waals surface area contributed by atoms with Crippen molar-refractivity contribution in [3.63, 3.8) is 0 Å². The molecule has 2 heteroatoms. The second-order valence-corrected chi connectivity index (χ2v) is 8.61. The van der Waals surface area contributed by atoms with Gasteiger partial charge in [-0.25, -0.2) is 0 Å². The monoisotopic (exact) mass is 302 g/mol. The van der Waals surface area contributed by atoms with Crippen LogP contribution in [0.4, 0.5) is 0 Å². The van der Waals surface area contributed by atoms with Gasteiger partial charge >= 0.3 is 0 Å². The number of hydrogen-bond acceptors (Lipinski definition) is 2. The van der Waals surface area contributed by atoms with E-state index in [0.717, 1.165) is 24.8 Å². The van der Waals surface area contributed by atoms with Crippen molar-refractivity contribution in [2.75, 3.05) is 6.61 Å². The Morgan fingerprint density at radius 2 is 1.95 bits per heavy atom. The van der Waals surface area contributed by atoms with E-state index in [1.807, 2.05) is 13.8 Å². The van der Waals surface area contributed by atoms with E-state index >= 15 is 0 Å². The molecule has 0 heterocycles. The van der Waals surface area contributed by atoms with Gasteiger partial charge in [0.2, 0.25) is 0 Å². The van der Waals surface area contributed by atoms with Crippen LogP contribution < -0.4 is 0 Å². The summed E-state index contributed by atoms with van der Waals surface area (Å²) in [6.07, 6.45) is 5.75. The van der Waals surface area contributed by atoms with Crippen LogP contribution in [0.1, 0.15) is 70.1 Å². The molecule has 1 fully saturated rings. The van der Waals surface area contributed by atoms with Crippen molar-refractivity contribution in [3.8, 4) is 0 Å². The summed E-state index contributed by atoms with van der Waals surface area (Å²) in [6, 6.07) is 6.55. The Bertz CT molecular complexity index is 572. The number of aliphatic hydroxyl groups excluding tert-OH is 1. The van der Waals surface area contributed by atoms with Crippen LogP contribution in [0.2, 0.25) is 0 Å². The number of aliphatic hydroxyl groups is 2. The molecule has 2 nitrogen and oxygen atoms in total. The Hall–Kier alpha value is -0.860. The van der Waals surface area contributed by atoms with Crippen LogP contribution in [0.15, 0.2) is 18.2 Å². The zero-order valence-electron chi connectivity index (χ0n) is 14.4. The third-order valence-corrected chi connectivity index (χ3v) is 6.54. The van der Waals surface area contributed by atoms with Crippen LogP contribution in [0.3, 0.4) is 0 Å². The summed E-state index contributed by atoms with van der Waals surface area (Å²) in [4.78, 5) is 0. The molecule has 3 rings (SSSR count). The lowest BCUT2D eigenvalue weighted by Gasteiger charge is -2.55. The number of hydrogen-bond donors (Lipinski definition) is 2. The van der Waals surface area contributed by atoms with Crippen molar-refractivity contribution in [1.29, 1.82) is 0 Å². The Kier molecular flexibility index (Phi) is 3.69. The van der Waals surface area contributed by atoms with Gasteiger partial charge in [0.25, 0.3) is 0 Å². The maximum Gasteiger partial charge on any atom is 0.0840 e. The lowest BCUT2D eigenvalue weighted by atomic mass is 9.50. The summed E-state index contributed by atoms with van der Waals surface area (Å²) < 4.78 is 0. The number of benzene rings is 1. The number of aryl methyl sites for hydroxylation is 1. The van der Waals surface area contributed by atoms with Crippen molar-refractivity contribution in [1.82, 2.24) is 0 Å². The Morgan fingerprint density at radius 3 is 2.59 bits per heavy atom. The zero-order valence-corrected chi connectivity index (χ0v) is 14.4. The van der Waals surface area contributed by atoms with Crippen molar-refractivity contribution in [3.05, 3.63) is 34.9 Å². The molecule has 2 aliphatic carbocycles. The van der Waals surface area contributed by atoms with Gasteiger partial charge in [-0.3, -0.25) is 0 Å². The quantitative estimate of drug-likeness (QED) is 0.869. The largest absolute Gasteiger partial charge is 0.396 e. The van der Waals surface area contributed by atoms with Crippen LogP contribution in [-0.4, -0.2) is 16.8 Å². The highest BCUT2D eigenvalue weighted by Crippen LogP contribution is 2.57. The average molecular weight is 302 g/mol. The first-order chi connectivity index (χ1) is 10.2. The third-order valence-electron chi connectivity index (χ3n) is 6.54. The molecule has 1 unspecified atom stereocenters. The molecule has 22 heavy (non-hydrogen) atoms. The van der Waals surface area contributed by atoms with Gasteiger partial charge in [0.15, 0.2) is 0 Å². The Labute approximate surface area is 134 Å². The SMILES string of the molecule is CC(C)(O)c1ccc2c(c1)CCC1[C@](C)(CO)CCC[C@]21C. The summed E-state index contributed by atoms with van der Waals surface area (Å²) in [5.41, 5.74) is 3.31. The molecule has 0 saturated heterocycles. The van der Waals surface area contributed by atoms with Crippen LogP contribution in [0.25, 0.3) is 0 Å². The second-order valence-electron chi connectivity index (χ2n) is 8.61. The number of rotatable bonds is 2. The highest BCUT2D eigenvalue weighted by Gasteiger charge is 2.51. The molecule has 0 bridgehead atoms. The fourth-order valence-corrected chi connectivity index (χ4v) is 5.19. The minimum absolute atomic E-state index is 0.0552. The molecule has 0 radical (unpaired) electrons. The molecule has 0 aromatic heterocycles. The van der Waals surface area contributed by atoms with Gasteiger partial charge in [-0.05, 0) is 73.0 Å². The first-order valence-corrected chi connectivity index (χ1v) is 8.68. The summed E-state index contributed by atoms with van der Waals surface area (Å²) in [7, 11) is 0. The standard InChI is InChI=1S/C20H30O2/c1-18(2,22)15-7-8-16-14(12-15)6-9-17-19(3,13-21)10-5-11-20(16,17)4/h7-8,12,17,21-22H,5-6,9-11,13H2,1-4H3/t17?,19-,20+/m0/s1. The molecule has 1 aromatic rings. The fraction of sp³-hybridized carbons (Fsp3) is 0.700. The van der Waals surface area contributed by atoms with Gasteiger partial charge in [-0.1, -0.05) is 38.5 Å². The second kappa shape index (κ2) is 5.07. The van der Waals surface area contributed by atoms with E-state index in [4.69, 9.17) is 0 Å². The molecule has 0 amide bonds. The van der Waals surface area contributed by atoms with Gasteiger partial charge in [0, 0.05) is 6.61 Å².